The maximum absolute atomic E-state index is 7.08. The van der Waals surface area contributed by atoms with E-state index in [2.05, 4.69) is 0 Å². The fourth-order valence-electron chi connectivity index (χ4n) is 0.773. The fraction of sp³-hybridized carbons (Fsp3) is 0.400. The van der Waals surface area contributed by atoms with Gasteiger partial charge in [-0.1, -0.05) is 25.1 Å². The second kappa shape index (κ2) is 4.02. The highest BCUT2D eigenvalue weighted by atomic mass is 16.5. The molecular formula is C10H14O. The highest BCUT2D eigenvalue weighted by molar-refractivity contribution is 5.21. The van der Waals surface area contributed by atoms with Crippen molar-refractivity contribution in [3.8, 4) is 5.75 Å². The molecule has 0 N–H and O–H groups in total. The maximum Gasteiger partial charge on any atom is 0.119 e. The van der Waals surface area contributed by atoms with E-state index in [-0.39, 0.29) is 12.5 Å². The zero-order valence-corrected chi connectivity index (χ0v) is 6.58. The highest BCUT2D eigenvalue weighted by Crippen LogP contribution is 2.11. The minimum absolute atomic E-state index is 0.0713. The van der Waals surface area contributed by atoms with E-state index in [1.165, 1.54) is 0 Å². The Hall–Kier alpha value is -0.980. The van der Waals surface area contributed by atoms with E-state index < -0.39 is 6.85 Å². The largest absolute Gasteiger partial charge is 0.491 e. The molecule has 0 saturated heterocycles. The first-order chi connectivity index (χ1) is 6.47. The van der Waals surface area contributed by atoms with Crippen molar-refractivity contribution in [2.45, 2.75) is 26.3 Å². The summed E-state index contributed by atoms with van der Waals surface area (Å²) >= 11 is 0. The van der Waals surface area contributed by atoms with E-state index in [0.29, 0.717) is 5.75 Å². The van der Waals surface area contributed by atoms with Gasteiger partial charge in [0.2, 0.25) is 0 Å². The van der Waals surface area contributed by atoms with E-state index in [9.17, 15) is 0 Å². The molecule has 0 bridgehead atoms. The zero-order valence-electron chi connectivity index (χ0n) is 9.58. The third kappa shape index (κ3) is 2.62. The number of hydrogen-bond donors (Lipinski definition) is 0. The first-order valence-electron chi connectivity index (χ1n) is 5.19. The van der Waals surface area contributed by atoms with Gasteiger partial charge < -0.3 is 4.74 Å². The van der Waals surface area contributed by atoms with Crippen LogP contribution < -0.4 is 4.74 Å². The first-order valence-corrected chi connectivity index (χ1v) is 3.69. The van der Waals surface area contributed by atoms with Crippen LogP contribution in [-0.2, 0) is 0 Å². The molecule has 0 spiro atoms. The van der Waals surface area contributed by atoms with Gasteiger partial charge in [-0.15, -0.1) is 0 Å². The van der Waals surface area contributed by atoms with Crippen LogP contribution in [0.3, 0.4) is 0 Å². The molecule has 1 rings (SSSR count). The molecule has 11 heavy (non-hydrogen) atoms. The normalized spacial score (nSPS) is 17.7. The van der Waals surface area contributed by atoms with E-state index in [0.717, 1.165) is 0 Å². The number of ether oxygens (including phenoxy) is 1. The number of rotatable bonds is 3. The van der Waals surface area contributed by atoms with E-state index >= 15 is 0 Å². The standard InChI is InChI=1S/C10H14O/c1-3-9(2)11-10-7-5-4-6-8-10/h4-9H,3H2,1-2H3/i1D3. The molecular weight excluding hydrogens is 136 g/mol. The minimum Gasteiger partial charge on any atom is -0.491 e. The Bertz CT molecular complexity index is 268. The quantitative estimate of drug-likeness (QED) is 0.648. The summed E-state index contributed by atoms with van der Waals surface area (Å²) in [4.78, 5) is 0. The molecule has 1 aromatic rings. The second-order valence-electron chi connectivity index (χ2n) is 2.45. The molecule has 0 radical (unpaired) electrons. The van der Waals surface area contributed by atoms with Crippen molar-refractivity contribution in [3.05, 3.63) is 30.3 Å². The summed E-state index contributed by atoms with van der Waals surface area (Å²) in [6, 6.07) is 9.24. The molecule has 0 amide bonds. The minimum atomic E-state index is -1.92. The van der Waals surface area contributed by atoms with Gasteiger partial charge in [-0.05, 0) is 25.5 Å². The zero-order chi connectivity index (χ0) is 10.6. The number of benzene rings is 1. The van der Waals surface area contributed by atoms with Crippen LogP contribution in [0, 0.1) is 0 Å². The molecule has 60 valence electrons. The molecule has 1 heteroatoms. The van der Waals surface area contributed by atoms with Crippen molar-refractivity contribution in [2.75, 3.05) is 0 Å². The smallest absolute Gasteiger partial charge is 0.119 e. The van der Waals surface area contributed by atoms with Crippen LogP contribution in [0.25, 0.3) is 0 Å². The van der Waals surface area contributed by atoms with Crippen molar-refractivity contribution in [2.24, 2.45) is 0 Å². The predicted octanol–water partition coefficient (Wildman–Crippen LogP) is 2.86. The van der Waals surface area contributed by atoms with Gasteiger partial charge in [0, 0.05) is 4.11 Å². The molecule has 0 aliphatic rings. The Morgan fingerprint density at radius 1 is 1.45 bits per heavy atom. The Morgan fingerprint density at radius 3 is 2.82 bits per heavy atom. The molecule has 0 aliphatic carbocycles. The average Bonchev–Trinajstić information content (AvgIpc) is 2.02. The number of para-hydroxylation sites is 1. The van der Waals surface area contributed by atoms with E-state index in [4.69, 9.17) is 8.85 Å². The Morgan fingerprint density at radius 2 is 2.18 bits per heavy atom. The predicted molar refractivity (Wildman–Crippen MR) is 46.8 cm³/mol. The Balaban J connectivity index is 2.46. The van der Waals surface area contributed by atoms with Crippen LogP contribution in [0.1, 0.15) is 24.3 Å². The molecule has 0 saturated carbocycles. The summed E-state index contributed by atoms with van der Waals surface area (Å²) < 4.78 is 26.7. The summed E-state index contributed by atoms with van der Waals surface area (Å²) in [6.45, 7) is -0.159. The van der Waals surface area contributed by atoms with Crippen LogP contribution in [0.15, 0.2) is 30.3 Å². The Kier molecular flexibility index (Phi) is 1.76. The molecule has 1 unspecified atom stereocenters. The molecule has 1 nitrogen and oxygen atoms in total. The molecule has 1 aromatic carbocycles. The van der Waals surface area contributed by atoms with Gasteiger partial charge in [0.05, 0.1) is 6.10 Å². The van der Waals surface area contributed by atoms with Gasteiger partial charge in [-0.2, -0.15) is 0 Å². The van der Waals surface area contributed by atoms with Crippen molar-refractivity contribution in [3.63, 3.8) is 0 Å². The summed E-state index contributed by atoms with van der Waals surface area (Å²) in [5.41, 5.74) is 0. The summed E-state index contributed by atoms with van der Waals surface area (Å²) in [7, 11) is 0. The van der Waals surface area contributed by atoms with Gasteiger partial charge in [0.1, 0.15) is 5.75 Å². The van der Waals surface area contributed by atoms with Crippen molar-refractivity contribution >= 4 is 0 Å². The van der Waals surface area contributed by atoms with Crippen LogP contribution in [0.5, 0.6) is 5.75 Å². The summed E-state index contributed by atoms with van der Waals surface area (Å²) in [5.74, 6) is 0.712. The van der Waals surface area contributed by atoms with Gasteiger partial charge in [0.15, 0.2) is 0 Å². The lowest BCUT2D eigenvalue weighted by Crippen LogP contribution is -2.09. The van der Waals surface area contributed by atoms with Gasteiger partial charge >= 0.3 is 0 Å². The molecule has 0 heterocycles. The molecule has 1 atom stereocenters. The lowest BCUT2D eigenvalue weighted by molar-refractivity contribution is 0.217. The topological polar surface area (TPSA) is 9.23 Å². The maximum atomic E-state index is 7.08. The molecule has 0 aliphatic heterocycles. The molecule has 0 aromatic heterocycles. The highest BCUT2D eigenvalue weighted by Gasteiger charge is 1.97. The van der Waals surface area contributed by atoms with Crippen LogP contribution in [0.2, 0.25) is 0 Å². The van der Waals surface area contributed by atoms with Gasteiger partial charge in [-0.3, -0.25) is 0 Å². The van der Waals surface area contributed by atoms with Crippen molar-refractivity contribution < 1.29 is 8.85 Å². The lowest BCUT2D eigenvalue weighted by atomic mass is 10.3. The number of hydrogen-bond acceptors (Lipinski definition) is 1. The molecule has 0 fully saturated rings. The van der Waals surface area contributed by atoms with E-state index in [1.807, 2.05) is 30.3 Å². The van der Waals surface area contributed by atoms with Crippen LogP contribution in [-0.4, -0.2) is 6.10 Å². The average molecular weight is 153 g/mol. The van der Waals surface area contributed by atoms with Crippen molar-refractivity contribution in [1.29, 1.82) is 0 Å². The Labute approximate surface area is 72.2 Å². The van der Waals surface area contributed by atoms with Crippen LogP contribution >= 0.6 is 0 Å². The summed E-state index contributed by atoms with van der Waals surface area (Å²) in [6.07, 6.45) is -0.216. The fourth-order valence-corrected chi connectivity index (χ4v) is 0.773. The van der Waals surface area contributed by atoms with E-state index in [1.54, 1.807) is 6.92 Å². The summed E-state index contributed by atoms with van der Waals surface area (Å²) in [5, 5.41) is 0. The third-order valence-corrected chi connectivity index (χ3v) is 1.37. The van der Waals surface area contributed by atoms with Crippen LogP contribution in [0.4, 0.5) is 0 Å². The monoisotopic (exact) mass is 153 g/mol. The lowest BCUT2D eigenvalue weighted by Gasteiger charge is -2.11. The van der Waals surface area contributed by atoms with Gasteiger partial charge in [0.25, 0.3) is 0 Å². The third-order valence-electron chi connectivity index (χ3n) is 1.37. The van der Waals surface area contributed by atoms with Crippen molar-refractivity contribution in [1.82, 2.24) is 0 Å². The SMILES string of the molecule is [2H]C([2H])([2H])CC(C)Oc1ccccc1. The van der Waals surface area contributed by atoms with Gasteiger partial charge in [-0.25, -0.2) is 0 Å². The second-order valence-corrected chi connectivity index (χ2v) is 2.45. The first kappa shape index (κ1) is 4.81.